The van der Waals surface area contributed by atoms with E-state index in [9.17, 15) is 4.79 Å². The maximum atomic E-state index is 10.9. The van der Waals surface area contributed by atoms with E-state index in [4.69, 9.17) is 10.8 Å². The molecule has 1 aromatic rings. The van der Waals surface area contributed by atoms with Gasteiger partial charge in [0.25, 0.3) is 0 Å². The Bertz CT molecular complexity index is 448. The molecular formula is C13H19N3O2. The predicted octanol–water partition coefficient (Wildman–Crippen LogP) is 1.11. The van der Waals surface area contributed by atoms with Gasteiger partial charge in [-0.3, -0.25) is 0 Å². The average molecular weight is 249 g/mol. The second-order valence-corrected chi connectivity index (χ2v) is 4.72. The number of hydrogen-bond acceptors (Lipinski definition) is 4. The molecule has 5 nitrogen and oxygen atoms in total. The van der Waals surface area contributed by atoms with E-state index in [1.807, 2.05) is 6.07 Å². The van der Waals surface area contributed by atoms with E-state index in [0.717, 1.165) is 38.3 Å². The maximum Gasteiger partial charge on any atom is 0.337 e. The van der Waals surface area contributed by atoms with E-state index in [0.29, 0.717) is 5.69 Å². The molecule has 2 rings (SSSR count). The molecule has 0 aromatic heterocycles. The summed E-state index contributed by atoms with van der Waals surface area (Å²) in [5.41, 5.74) is 7.29. The van der Waals surface area contributed by atoms with Crippen LogP contribution in [0.3, 0.4) is 0 Å². The summed E-state index contributed by atoms with van der Waals surface area (Å²) in [5.74, 6) is -0.977. The predicted molar refractivity (Wildman–Crippen MR) is 72.1 cm³/mol. The number of benzene rings is 1. The molecule has 98 valence electrons. The summed E-state index contributed by atoms with van der Waals surface area (Å²) in [6, 6.07) is 5.18. The summed E-state index contributed by atoms with van der Waals surface area (Å²) >= 11 is 0. The van der Waals surface area contributed by atoms with Gasteiger partial charge in [0.1, 0.15) is 0 Å². The lowest BCUT2D eigenvalue weighted by Crippen LogP contribution is -2.28. The highest BCUT2D eigenvalue weighted by molar-refractivity contribution is 5.94. The Morgan fingerprint density at radius 3 is 2.72 bits per heavy atom. The summed E-state index contributed by atoms with van der Waals surface area (Å²) in [6.07, 6.45) is 1.11. The molecule has 5 heteroatoms. The summed E-state index contributed by atoms with van der Waals surface area (Å²) < 4.78 is 0. The largest absolute Gasteiger partial charge is 0.478 e. The van der Waals surface area contributed by atoms with E-state index in [1.54, 1.807) is 12.1 Å². The minimum absolute atomic E-state index is 0.172. The lowest BCUT2D eigenvalue weighted by atomic mass is 10.1. The van der Waals surface area contributed by atoms with E-state index in [2.05, 4.69) is 16.8 Å². The minimum Gasteiger partial charge on any atom is -0.478 e. The lowest BCUT2D eigenvalue weighted by molar-refractivity contribution is 0.0698. The van der Waals surface area contributed by atoms with Gasteiger partial charge in [-0.05, 0) is 38.2 Å². The number of carboxylic acids is 1. The molecule has 0 aliphatic carbocycles. The fourth-order valence-electron chi connectivity index (χ4n) is 2.25. The third-order valence-electron chi connectivity index (χ3n) is 3.35. The van der Waals surface area contributed by atoms with Crippen LogP contribution < -0.4 is 10.6 Å². The van der Waals surface area contributed by atoms with Gasteiger partial charge in [0, 0.05) is 31.0 Å². The van der Waals surface area contributed by atoms with Gasteiger partial charge in [-0.1, -0.05) is 0 Å². The highest BCUT2D eigenvalue weighted by Gasteiger charge is 2.15. The molecule has 3 N–H and O–H groups in total. The third kappa shape index (κ3) is 2.73. The zero-order valence-electron chi connectivity index (χ0n) is 10.6. The number of carboxylic acid groups (broad SMARTS) is 1. The van der Waals surface area contributed by atoms with Crippen LogP contribution in [-0.4, -0.2) is 49.2 Å². The summed E-state index contributed by atoms with van der Waals surface area (Å²) in [4.78, 5) is 15.5. The van der Waals surface area contributed by atoms with Gasteiger partial charge < -0.3 is 20.6 Å². The first-order valence-corrected chi connectivity index (χ1v) is 6.14. The molecule has 0 unspecified atom stereocenters. The second-order valence-electron chi connectivity index (χ2n) is 4.72. The van der Waals surface area contributed by atoms with Gasteiger partial charge in [-0.25, -0.2) is 4.79 Å². The van der Waals surface area contributed by atoms with Crippen molar-refractivity contribution in [3.05, 3.63) is 23.8 Å². The minimum atomic E-state index is -0.977. The van der Waals surface area contributed by atoms with Crippen molar-refractivity contribution >= 4 is 17.3 Å². The molecule has 0 amide bonds. The Balaban J connectivity index is 2.18. The topological polar surface area (TPSA) is 69.8 Å². The van der Waals surface area contributed by atoms with Crippen LogP contribution in [0.1, 0.15) is 16.8 Å². The zero-order chi connectivity index (χ0) is 13.1. The molecule has 0 spiro atoms. The highest BCUT2D eigenvalue weighted by Crippen LogP contribution is 2.22. The Labute approximate surface area is 107 Å². The van der Waals surface area contributed by atoms with Gasteiger partial charge in [0.05, 0.1) is 5.56 Å². The normalized spacial score (nSPS) is 17.5. The van der Waals surface area contributed by atoms with Gasteiger partial charge >= 0.3 is 5.97 Å². The standard InChI is InChI=1S/C13H19N3O2/c1-15-5-2-6-16(8-7-15)10-3-4-11(13(17)18)12(14)9-10/h3-4,9H,2,5-8,14H2,1H3,(H,17,18). The molecule has 1 aromatic carbocycles. The first-order chi connectivity index (χ1) is 8.58. The fraction of sp³-hybridized carbons (Fsp3) is 0.462. The van der Waals surface area contributed by atoms with Crippen LogP contribution in [0.5, 0.6) is 0 Å². The van der Waals surface area contributed by atoms with Gasteiger partial charge in [-0.15, -0.1) is 0 Å². The molecule has 1 aliphatic rings. The molecule has 1 aliphatic heterocycles. The van der Waals surface area contributed by atoms with Gasteiger partial charge in [0.2, 0.25) is 0 Å². The number of anilines is 2. The number of likely N-dealkylation sites (N-methyl/N-ethyl adjacent to an activating group) is 1. The van der Waals surface area contributed by atoms with E-state index >= 15 is 0 Å². The van der Waals surface area contributed by atoms with Crippen molar-refractivity contribution in [1.29, 1.82) is 0 Å². The van der Waals surface area contributed by atoms with Crippen molar-refractivity contribution in [3.63, 3.8) is 0 Å². The molecule has 18 heavy (non-hydrogen) atoms. The number of nitrogens with zero attached hydrogens (tertiary/aromatic N) is 2. The van der Waals surface area contributed by atoms with E-state index in [-0.39, 0.29) is 5.56 Å². The quantitative estimate of drug-likeness (QED) is 0.768. The summed E-state index contributed by atoms with van der Waals surface area (Å²) in [5, 5.41) is 8.95. The van der Waals surface area contributed by atoms with Crippen LogP contribution in [0.25, 0.3) is 0 Å². The molecule has 0 bridgehead atoms. The molecule has 1 heterocycles. The number of carbonyl (C=O) groups is 1. The van der Waals surface area contributed by atoms with Crippen molar-refractivity contribution in [1.82, 2.24) is 4.90 Å². The number of aromatic carboxylic acids is 1. The zero-order valence-corrected chi connectivity index (χ0v) is 10.6. The monoisotopic (exact) mass is 249 g/mol. The van der Waals surface area contributed by atoms with E-state index < -0.39 is 5.97 Å². The number of rotatable bonds is 2. The van der Waals surface area contributed by atoms with Gasteiger partial charge in [0.15, 0.2) is 0 Å². The van der Waals surface area contributed by atoms with Gasteiger partial charge in [-0.2, -0.15) is 0 Å². The van der Waals surface area contributed by atoms with Crippen LogP contribution >= 0.6 is 0 Å². The van der Waals surface area contributed by atoms with Crippen LogP contribution in [-0.2, 0) is 0 Å². The summed E-state index contributed by atoms with van der Waals surface area (Å²) in [7, 11) is 2.12. The molecule has 0 radical (unpaired) electrons. The van der Waals surface area contributed by atoms with Crippen molar-refractivity contribution in [2.75, 3.05) is 43.9 Å². The lowest BCUT2D eigenvalue weighted by Gasteiger charge is -2.23. The third-order valence-corrected chi connectivity index (χ3v) is 3.35. The highest BCUT2D eigenvalue weighted by atomic mass is 16.4. The average Bonchev–Trinajstić information content (AvgIpc) is 2.53. The Hall–Kier alpha value is -1.75. The smallest absolute Gasteiger partial charge is 0.337 e. The summed E-state index contributed by atoms with van der Waals surface area (Å²) in [6.45, 7) is 4.04. The van der Waals surface area contributed by atoms with Crippen LogP contribution in [0.4, 0.5) is 11.4 Å². The molecule has 1 fully saturated rings. The maximum absolute atomic E-state index is 10.9. The van der Waals surface area contributed by atoms with Crippen molar-refractivity contribution in [3.8, 4) is 0 Å². The first-order valence-electron chi connectivity index (χ1n) is 6.14. The molecular weight excluding hydrogens is 230 g/mol. The van der Waals surface area contributed by atoms with Crippen LogP contribution in [0.2, 0.25) is 0 Å². The molecule has 0 saturated carbocycles. The Kier molecular flexibility index (Phi) is 3.72. The Morgan fingerprint density at radius 1 is 1.28 bits per heavy atom. The first kappa shape index (κ1) is 12.7. The number of nitrogen functional groups attached to an aromatic ring is 1. The SMILES string of the molecule is CN1CCCN(c2ccc(C(=O)O)c(N)c2)CC1. The van der Waals surface area contributed by atoms with Crippen molar-refractivity contribution < 1.29 is 9.90 Å². The number of nitrogens with two attached hydrogens (primary N) is 1. The Morgan fingerprint density at radius 2 is 2.06 bits per heavy atom. The van der Waals surface area contributed by atoms with Crippen molar-refractivity contribution in [2.24, 2.45) is 0 Å². The number of hydrogen-bond donors (Lipinski definition) is 2. The van der Waals surface area contributed by atoms with E-state index in [1.165, 1.54) is 0 Å². The fourth-order valence-corrected chi connectivity index (χ4v) is 2.25. The van der Waals surface area contributed by atoms with Crippen molar-refractivity contribution in [2.45, 2.75) is 6.42 Å². The van der Waals surface area contributed by atoms with Crippen LogP contribution in [0.15, 0.2) is 18.2 Å². The molecule has 0 atom stereocenters. The second kappa shape index (κ2) is 5.27. The van der Waals surface area contributed by atoms with Crippen LogP contribution in [0, 0.1) is 0 Å². The molecule has 1 saturated heterocycles.